The minimum atomic E-state index is -3.70. The smallest absolute Gasteiger partial charge is 0.249 e. The summed E-state index contributed by atoms with van der Waals surface area (Å²) in [5.41, 5.74) is -0.137. The van der Waals surface area contributed by atoms with Gasteiger partial charge in [-0.3, -0.25) is 0 Å². The molecule has 0 unspecified atom stereocenters. The maximum absolute atomic E-state index is 14.1. The molecular formula is C19H20ClFN4O3S. The number of hydrogen-bond acceptors (Lipinski definition) is 4. The maximum Gasteiger partial charge on any atom is 0.350 e. The molecule has 2 aromatic heterocycles. The lowest BCUT2D eigenvalue weighted by molar-refractivity contribution is 0.423. The van der Waals surface area contributed by atoms with E-state index in [0.717, 1.165) is 30.4 Å². The predicted octanol–water partition coefficient (Wildman–Crippen LogP) is 2.90. The third-order valence-corrected chi connectivity index (χ3v) is 7.36. The molecule has 0 spiro atoms. The summed E-state index contributed by atoms with van der Waals surface area (Å²) in [6, 6.07) is 7.20. The molecule has 0 amide bonds. The molecule has 10 heteroatoms. The maximum atomic E-state index is 14.1. The SMILES string of the molecule is O=c1n(Cc2c(F)cccc2Cl)nc2ccc(S(=O)(=O)N3CCCCCC3)cn12. The van der Waals surface area contributed by atoms with E-state index in [0.29, 0.717) is 13.1 Å². The second-order valence-electron chi connectivity index (χ2n) is 7.05. The van der Waals surface area contributed by atoms with E-state index in [4.69, 9.17) is 11.6 Å². The van der Waals surface area contributed by atoms with E-state index in [-0.39, 0.29) is 27.7 Å². The largest absolute Gasteiger partial charge is 0.350 e. The zero-order chi connectivity index (χ0) is 20.6. The topological polar surface area (TPSA) is 76.7 Å². The Hall–Kier alpha value is -2.23. The summed E-state index contributed by atoms with van der Waals surface area (Å²) in [5, 5.41) is 4.37. The van der Waals surface area contributed by atoms with Crippen LogP contribution < -0.4 is 5.69 Å². The van der Waals surface area contributed by atoms with Crippen LogP contribution in [0.1, 0.15) is 31.2 Å². The van der Waals surface area contributed by atoms with Gasteiger partial charge in [-0.05, 0) is 37.1 Å². The molecule has 7 nitrogen and oxygen atoms in total. The summed E-state index contributed by atoms with van der Waals surface area (Å²) in [6.45, 7) is 0.793. The highest BCUT2D eigenvalue weighted by Crippen LogP contribution is 2.21. The average molecular weight is 439 g/mol. The molecule has 0 atom stereocenters. The van der Waals surface area contributed by atoms with E-state index in [1.165, 1.54) is 45.2 Å². The molecule has 1 saturated heterocycles. The highest BCUT2D eigenvalue weighted by molar-refractivity contribution is 7.89. The third-order valence-electron chi connectivity index (χ3n) is 5.12. The summed E-state index contributed by atoms with van der Waals surface area (Å²) >= 11 is 6.04. The Kier molecular flexibility index (Phi) is 5.46. The molecule has 0 saturated carbocycles. The molecule has 3 heterocycles. The van der Waals surface area contributed by atoms with Gasteiger partial charge in [-0.2, -0.15) is 4.31 Å². The van der Waals surface area contributed by atoms with Crippen LogP contribution in [-0.2, 0) is 16.6 Å². The van der Waals surface area contributed by atoms with Gasteiger partial charge >= 0.3 is 5.69 Å². The Morgan fingerprint density at radius 3 is 2.48 bits per heavy atom. The predicted molar refractivity (Wildman–Crippen MR) is 107 cm³/mol. The van der Waals surface area contributed by atoms with Crippen LogP contribution in [0.25, 0.3) is 5.65 Å². The molecule has 0 radical (unpaired) electrons. The van der Waals surface area contributed by atoms with Gasteiger partial charge in [0.15, 0.2) is 5.65 Å². The molecule has 0 N–H and O–H groups in total. The van der Waals surface area contributed by atoms with Gasteiger partial charge in [-0.25, -0.2) is 26.7 Å². The first-order chi connectivity index (χ1) is 13.9. The van der Waals surface area contributed by atoms with Gasteiger partial charge in [-0.1, -0.05) is 30.5 Å². The molecule has 4 rings (SSSR count). The van der Waals surface area contributed by atoms with Crippen LogP contribution in [0.4, 0.5) is 4.39 Å². The zero-order valence-electron chi connectivity index (χ0n) is 15.6. The van der Waals surface area contributed by atoms with Gasteiger partial charge in [0, 0.05) is 29.9 Å². The number of hydrogen-bond donors (Lipinski definition) is 0. The fourth-order valence-electron chi connectivity index (χ4n) is 3.52. The number of aromatic nitrogens is 3. The first kappa shape index (κ1) is 20.1. The normalized spacial score (nSPS) is 16.2. The van der Waals surface area contributed by atoms with Crippen molar-refractivity contribution in [3.63, 3.8) is 0 Å². The first-order valence-corrected chi connectivity index (χ1v) is 11.2. The number of benzene rings is 1. The zero-order valence-corrected chi connectivity index (χ0v) is 17.2. The quantitative estimate of drug-likeness (QED) is 0.627. The van der Waals surface area contributed by atoms with E-state index >= 15 is 0 Å². The van der Waals surface area contributed by atoms with Crippen molar-refractivity contribution in [3.8, 4) is 0 Å². The van der Waals surface area contributed by atoms with Crippen molar-refractivity contribution < 1.29 is 12.8 Å². The van der Waals surface area contributed by atoms with Crippen LogP contribution >= 0.6 is 11.6 Å². The van der Waals surface area contributed by atoms with Crippen molar-refractivity contribution in [2.75, 3.05) is 13.1 Å². The summed E-state index contributed by atoms with van der Waals surface area (Å²) in [7, 11) is -3.70. The number of halogens is 2. The lowest BCUT2D eigenvalue weighted by Crippen LogP contribution is -2.32. The van der Waals surface area contributed by atoms with Crippen LogP contribution in [0.5, 0.6) is 0 Å². The van der Waals surface area contributed by atoms with Gasteiger partial charge in [0.2, 0.25) is 10.0 Å². The van der Waals surface area contributed by atoms with E-state index in [1.54, 1.807) is 0 Å². The van der Waals surface area contributed by atoms with Crippen molar-refractivity contribution in [1.29, 1.82) is 0 Å². The van der Waals surface area contributed by atoms with Crippen molar-refractivity contribution in [3.05, 3.63) is 63.4 Å². The highest BCUT2D eigenvalue weighted by atomic mass is 35.5. The Labute approximate surface area is 172 Å². The minimum Gasteiger partial charge on any atom is -0.249 e. The molecule has 0 bridgehead atoms. The van der Waals surface area contributed by atoms with Crippen LogP contribution in [-0.4, -0.2) is 40.0 Å². The Bertz CT molecular complexity index is 1190. The van der Waals surface area contributed by atoms with E-state index < -0.39 is 21.5 Å². The fraction of sp³-hybridized carbons (Fsp3) is 0.368. The molecule has 29 heavy (non-hydrogen) atoms. The molecule has 154 valence electrons. The van der Waals surface area contributed by atoms with Crippen molar-refractivity contribution >= 4 is 27.3 Å². The monoisotopic (exact) mass is 438 g/mol. The van der Waals surface area contributed by atoms with Crippen LogP contribution in [0.2, 0.25) is 5.02 Å². The standard InChI is InChI=1S/C19H20ClFN4O3S/c20-16-6-5-7-17(21)15(16)13-25-19(26)24-12-14(8-9-18(24)22-25)29(27,28)23-10-3-1-2-4-11-23/h5-9,12H,1-4,10-11,13H2. The lowest BCUT2D eigenvalue weighted by Gasteiger charge is -2.19. The Balaban J connectivity index is 1.72. The number of fused-ring (bicyclic) bond motifs is 1. The van der Waals surface area contributed by atoms with Crippen LogP contribution in [0.3, 0.4) is 0 Å². The number of sulfonamides is 1. The molecule has 0 aliphatic carbocycles. The number of nitrogens with zero attached hydrogens (tertiary/aromatic N) is 4. The third kappa shape index (κ3) is 3.82. The summed E-state index contributed by atoms with van der Waals surface area (Å²) in [6.07, 6.45) is 4.95. The van der Waals surface area contributed by atoms with Gasteiger partial charge in [-0.15, -0.1) is 5.10 Å². The molecule has 1 aliphatic rings. The van der Waals surface area contributed by atoms with E-state index in [1.807, 2.05) is 0 Å². The first-order valence-electron chi connectivity index (χ1n) is 9.40. The number of rotatable bonds is 4. The molecule has 1 aliphatic heterocycles. The average Bonchev–Trinajstić information content (AvgIpc) is 2.88. The highest BCUT2D eigenvalue weighted by Gasteiger charge is 2.26. The van der Waals surface area contributed by atoms with Crippen LogP contribution in [0.15, 0.2) is 46.2 Å². The van der Waals surface area contributed by atoms with Crippen molar-refractivity contribution in [2.45, 2.75) is 37.1 Å². The molecule has 1 fully saturated rings. The Morgan fingerprint density at radius 2 is 1.79 bits per heavy atom. The van der Waals surface area contributed by atoms with Crippen LogP contribution in [0, 0.1) is 5.82 Å². The van der Waals surface area contributed by atoms with E-state index in [2.05, 4.69) is 5.10 Å². The summed E-state index contributed by atoms with van der Waals surface area (Å²) in [5.74, 6) is -0.536. The summed E-state index contributed by atoms with van der Waals surface area (Å²) < 4.78 is 43.8. The molecule has 1 aromatic carbocycles. The van der Waals surface area contributed by atoms with Crippen molar-refractivity contribution in [1.82, 2.24) is 18.5 Å². The van der Waals surface area contributed by atoms with Gasteiger partial charge in [0.25, 0.3) is 0 Å². The van der Waals surface area contributed by atoms with E-state index in [9.17, 15) is 17.6 Å². The minimum absolute atomic E-state index is 0.0393. The molecule has 3 aromatic rings. The van der Waals surface area contributed by atoms with Crippen molar-refractivity contribution in [2.24, 2.45) is 0 Å². The fourth-order valence-corrected chi connectivity index (χ4v) is 5.26. The Morgan fingerprint density at radius 1 is 1.07 bits per heavy atom. The van der Waals surface area contributed by atoms with Gasteiger partial charge < -0.3 is 0 Å². The molecular weight excluding hydrogens is 419 g/mol. The lowest BCUT2D eigenvalue weighted by atomic mass is 10.2. The van der Waals surface area contributed by atoms with Gasteiger partial charge in [0.05, 0.1) is 11.4 Å². The second-order valence-corrected chi connectivity index (χ2v) is 9.40. The second kappa shape index (κ2) is 7.89. The summed E-state index contributed by atoms with van der Waals surface area (Å²) in [4.78, 5) is 12.8. The van der Waals surface area contributed by atoms with Gasteiger partial charge in [0.1, 0.15) is 5.82 Å². The number of pyridine rings is 1.